The zero-order valence-electron chi connectivity index (χ0n) is 4.50. The summed E-state index contributed by atoms with van der Waals surface area (Å²) < 4.78 is 0. The first-order valence-corrected chi connectivity index (χ1v) is 0. The summed E-state index contributed by atoms with van der Waals surface area (Å²) >= 11 is 0. The van der Waals surface area contributed by atoms with E-state index in [1.165, 1.54) is 0 Å². The van der Waals surface area contributed by atoms with Gasteiger partial charge in [-0.25, -0.2) is 0 Å². The summed E-state index contributed by atoms with van der Waals surface area (Å²) in [5.74, 6) is 0. The average Bonchev–Trinajstić information content (AvgIpc) is 0. The predicted octanol–water partition coefficient (Wildman–Crippen LogP) is 2.47. The van der Waals surface area contributed by atoms with Gasteiger partial charge in [0.15, 0.2) is 0 Å². The van der Waals surface area contributed by atoms with Crippen LogP contribution in [0.25, 0.3) is 0 Å². The minimum Gasteiger partial charge on any atom is -0.412 e. The summed E-state index contributed by atoms with van der Waals surface area (Å²) in [6.07, 6.45) is 0. The molecular formula is C6H42N3O3+3. The van der Waals surface area contributed by atoms with Gasteiger partial charge in [0.25, 0.3) is 0 Å². The molecule has 0 saturated heterocycles. The SMILES string of the molecule is C.C.C.C.C.C.O.O.O.[NH4+].[NH4+].[NH4+]. The highest BCUT2D eigenvalue weighted by Crippen LogP contribution is 0.149. The van der Waals surface area contributed by atoms with Crippen molar-refractivity contribution in [1.29, 1.82) is 0 Å². The van der Waals surface area contributed by atoms with Crippen LogP contribution in [0.1, 0.15) is 44.6 Å². The zero-order chi connectivity index (χ0) is 0. The van der Waals surface area contributed by atoms with Gasteiger partial charge in [-0.2, -0.15) is 0 Å². The maximum atomic E-state index is 0. The summed E-state index contributed by atoms with van der Waals surface area (Å²) in [6.45, 7) is 0. The Balaban J connectivity index is 0. The molecule has 0 atom stereocenters. The topological polar surface area (TPSA) is 204 Å². The normalized spacial score (nSPS) is 0. The predicted molar refractivity (Wildman–Crippen MR) is 69.2 cm³/mol. The molecule has 6 nitrogen and oxygen atoms in total. The van der Waals surface area contributed by atoms with Crippen molar-refractivity contribution in [2.75, 3.05) is 0 Å². The fourth-order valence-corrected chi connectivity index (χ4v) is 0. The van der Waals surface area contributed by atoms with Gasteiger partial charge in [-0.3, -0.25) is 0 Å². The highest BCUT2D eigenvalue weighted by atomic mass is 16.0. The van der Waals surface area contributed by atoms with Crippen molar-refractivity contribution in [2.24, 2.45) is 0 Å². The molecule has 0 saturated carbocycles. The third-order valence-corrected chi connectivity index (χ3v) is 0. The van der Waals surface area contributed by atoms with Crippen LogP contribution in [0.5, 0.6) is 0 Å². The van der Waals surface area contributed by atoms with Crippen molar-refractivity contribution in [2.45, 2.75) is 44.6 Å². The van der Waals surface area contributed by atoms with Gasteiger partial charge < -0.3 is 34.9 Å². The lowest BCUT2D eigenvalue weighted by atomic mass is 12.0. The lowest BCUT2D eigenvalue weighted by molar-refractivity contribution is 0.823. The maximum absolute atomic E-state index is 0. The van der Waals surface area contributed by atoms with E-state index in [9.17, 15) is 0 Å². The molecule has 0 heterocycles. The molecule has 0 aromatic carbocycles. The first kappa shape index (κ1) is 23600. The first-order chi connectivity index (χ1) is 0. The molecule has 0 amide bonds. The van der Waals surface area contributed by atoms with Crippen LogP contribution in [0.2, 0.25) is 0 Å². The Kier molecular flexibility index (Phi) is 35100000. The van der Waals surface area contributed by atoms with Gasteiger partial charge in [0.1, 0.15) is 0 Å². The summed E-state index contributed by atoms with van der Waals surface area (Å²) in [5, 5.41) is 0. The molecule has 0 radical (unpaired) electrons. The molecule has 0 aromatic rings. The van der Waals surface area contributed by atoms with Gasteiger partial charge in [-0.05, 0) is 0 Å². The molecule has 0 aliphatic heterocycles. The second-order valence-electron chi connectivity index (χ2n) is 0. The maximum Gasteiger partial charge on any atom is -0.0776 e. The Morgan fingerprint density at radius 1 is 0.250 bits per heavy atom. The van der Waals surface area contributed by atoms with Crippen LogP contribution >= 0.6 is 0 Å². The largest absolute Gasteiger partial charge is 0.412 e. The van der Waals surface area contributed by atoms with Crippen LogP contribution in [-0.2, 0) is 0 Å². The molecule has 0 unspecified atom stereocenters. The molecule has 12 heavy (non-hydrogen) atoms. The number of quaternary nitrogens is 3. The third-order valence-electron chi connectivity index (χ3n) is 0. The van der Waals surface area contributed by atoms with Crippen LogP contribution in [0, 0.1) is 0 Å². The highest BCUT2D eigenvalue weighted by Gasteiger charge is -0.0724. The molecule has 0 aliphatic carbocycles. The fraction of sp³-hybridized carbons (Fsp3) is 1.00. The zero-order valence-corrected chi connectivity index (χ0v) is 4.50. The second-order valence-corrected chi connectivity index (χ2v) is 0. The van der Waals surface area contributed by atoms with Gasteiger partial charge in [0.2, 0.25) is 0 Å². The van der Waals surface area contributed by atoms with Gasteiger partial charge >= 0.3 is 0 Å². The van der Waals surface area contributed by atoms with E-state index in [0.717, 1.165) is 0 Å². The molecule has 6 heteroatoms. The Labute approximate surface area is 80.4 Å². The summed E-state index contributed by atoms with van der Waals surface area (Å²) in [5.41, 5.74) is 0. The van der Waals surface area contributed by atoms with Crippen molar-refractivity contribution in [3.05, 3.63) is 0 Å². The van der Waals surface area contributed by atoms with E-state index in [-0.39, 0.29) is 79.4 Å². The highest BCUT2D eigenvalue weighted by molar-refractivity contribution is 2.51. The van der Waals surface area contributed by atoms with Crippen molar-refractivity contribution in [1.82, 2.24) is 18.5 Å². The second kappa shape index (κ2) is 17800. The van der Waals surface area contributed by atoms with E-state index in [1.54, 1.807) is 0 Å². The lowest BCUT2D eigenvalue weighted by Gasteiger charge is -0.413. The minimum absolute atomic E-state index is 0. The van der Waals surface area contributed by atoms with Gasteiger partial charge in [0.05, 0.1) is 0 Å². The van der Waals surface area contributed by atoms with E-state index in [2.05, 4.69) is 0 Å². The Bertz CT molecular complexity index is 18.0. The molecule has 0 aromatic heterocycles. The molecule has 0 fully saturated rings. The van der Waals surface area contributed by atoms with Crippen LogP contribution in [0.3, 0.4) is 0 Å². The Morgan fingerprint density at radius 3 is 0.250 bits per heavy atom. The summed E-state index contributed by atoms with van der Waals surface area (Å²) in [6, 6.07) is 0. The van der Waals surface area contributed by atoms with Crippen molar-refractivity contribution in [3.63, 3.8) is 0 Å². The Morgan fingerprint density at radius 2 is 0.250 bits per heavy atom. The van der Waals surface area contributed by atoms with Gasteiger partial charge in [-0.1, -0.05) is 44.6 Å². The fourth-order valence-electron chi connectivity index (χ4n) is 0. The van der Waals surface area contributed by atoms with E-state index >= 15 is 0 Å². The number of rotatable bonds is 0. The third kappa shape index (κ3) is 13000. The minimum atomic E-state index is 0. The Hall–Kier alpha value is -0.240. The van der Waals surface area contributed by atoms with Crippen LogP contribution in [0.4, 0.5) is 0 Å². The van der Waals surface area contributed by atoms with Gasteiger partial charge in [0, 0.05) is 0 Å². The van der Waals surface area contributed by atoms with Crippen molar-refractivity contribution < 1.29 is 16.4 Å². The first-order valence-electron chi connectivity index (χ1n) is 0. The van der Waals surface area contributed by atoms with Crippen molar-refractivity contribution >= 4 is 0 Å². The van der Waals surface area contributed by atoms with Crippen molar-refractivity contribution in [3.8, 4) is 0 Å². The smallest absolute Gasteiger partial charge is 0.0776 e. The quantitative estimate of drug-likeness (QED) is 0.520. The van der Waals surface area contributed by atoms with E-state index in [4.69, 9.17) is 0 Å². The summed E-state index contributed by atoms with van der Waals surface area (Å²) in [7, 11) is 0. The van der Waals surface area contributed by atoms with E-state index in [0.29, 0.717) is 0 Å². The molecular weight excluding hydrogens is 162 g/mol. The monoisotopic (exact) mass is 204 g/mol. The van der Waals surface area contributed by atoms with E-state index in [1.807, 2.05) is 0 Å². The number of hydrogen-bond donors (Lipinski definition) is 3. The standard InChI is InChI=1S/6CH4.3H3N.3H2O/h6*1H4;3*1H3;3*1H2/p+3. The number of hydrogen-bond acceptors (Lipinski definition) is 0. The van der Waals surface area contributed by atoms with Crippen LogP contribution < -0.4 is 18.5 Å². The molecule has 0 spiro atoms. The average molecular weight is 204 g/mol. The van der Waals surface area contributed by atoms with E-state index < -0.39 is 0 Å². The molecule has 0 rings (SSSR count). The lowest BCUT2D eigenvalue weighted by Crippen LogP contribution is -0.482. The molecule has 96 valence electrons. The molecule has 18 N–H and O–H groups in total. The molecule has 0 aliphatic rings. The van der Waals surface area contributed by atoms with Gasteiger partial charge in [-0.15, -0.1) is 0 Å². The summed E-state index contributed by atoms with van der Waals surface area (Å²) in [4.78, 5) is 0. The molecule has 0 bridgehead atoms. The van der Waals surface area contributed by atoms with Crippen LogP contribution in [0.15, 0.2) is 0 Å². The van der Waals surface area contributed by atoms with Crippen LogP contribution in [-0.4, -0.2) is 16.4 Å².